The zero-order chi connectivity index (χ0) is 13.8. The summed E-state index contributed by atoms with van der Waals surface area (Å²) >= 11 is 0. The number of aromatic nitrogens is 1. The molecule has 0 radical (unpaired) electrons. The topological polar surface area (TPSA) is 80.7 Å². The second kappa shape index (κ2) is 5.47. The van der Waals surface area contributed by atoms with Gasteiger partial charge in [-0.3, -0.25) is 4.98 Å². The van der Waals surface area contributed by atoms with Crippen LogP contribution in [0.1, 0.15) is 5.56 Å². The van der Waals surface area contributed by atoms with Crippen molar-refractivity contribution in [3.05, 3.63) is 36.0 Å². The van der Waals surface area contributed by atoms with E-state index >= 15 is 0 Å². The molecule has 0 bridgehead atoms. The number of hydrogen-bond donors (Lipinski definition) is 2. The molecule has 7 heteroatoms. The summed E-state index contributed by atoms with van der Waals surface area (Å²) in [4.78, 5) is 4.10. The minimum atomic E-state index is -2.62. The number of amidine groups is 1. The van der Waals surface area contributed by atoms with Gasteiger partial charge in [0.2, 0.25) is 0 Å². The zero-order valence-corrected chi connectivity index (χ0v) is 9.75. The van der Waals surface area contributed by atoms with Gasteiger partial charge in [0.05, 0.1) is 11.1 Å². The van der Waals surface area contributed by atoms with Gasteiger partial charge in [0, 0.05) is 11.6 Å². The molecule has 2 rings (SSSR count). The van der Waals surface area contributed by atoms with Crippen molar-refractivity contribution in [1.29, 1.82) is 0 Å². The minimum absolute atomic E-state index is 0.126. The van der Waals surface area contributed by atoms with E-state index in [-0.39, 0.29) is 17.1 Å². The predicted octanol–water partition coefficient (Wildman–Crippen LogP) is 1.97. The van der Waals surface area contributed by atoms with E-state index in [1.54, 1.807) is 24.3 Å². The average molecular weight is 267 g/mol. The molecule has 0 aliphatic rings. The third-order valence-corrected chi connectivity index (χ3v) is 2.46. The molecule has 100 valence electrons. The molecule has 5 nitrogen and oxygen atoms in total. The Hall–Kier alpha value is -2.44. The van der Waals surface area contributed by atoms with E-state index in [9.17, 15) is 8.78 Å². The molecule has 0 atom stereocenters. The number of rotatable bonds is 4. The monoisotopic (exact) mass is 267 g/mol. The number of ether oxygens (including phenoxy) is 1. The van der Waals surface area contributed by atoms with Gasteiger partial charge in [-0.15, -0.1) is 0 Å². The Labute approximate surface area is 107 Å². The van der Waals surface area contributed by atoms with Crippen LogP contribution < -0.4 is 10.5 Å². The Morgan fingerprint density at radius 2 is 2.16 bits per heavy atom. The van der Waals surface area contributed by atoms with Gasteiger partial charge >= 0.3 is 0 Å². The number of hydrogen-bond acceptors (Lipinski definition) is 4. The summed E-state index contributed by atoms with van der Waals surface area (Å²) in [5.74, 6) is -0.122. The molecular formula is C12H11F2N3O2. The van der Waals surface area contributed by atoms with Crippen LogP contribution in [-0.4, -0.2) is 29.1 Å². The lowest BCUT2D eigenvalue weighted by molar-refractivity contribution is 0.0825. The average Bonchev–Trinajstić information content (AvgIpc) is 2.43. The van der Waals surface area contributed by atoms with Gasteiger partial charge in [0.25, 0.3) is 6.43 Å². The molecule has 1 aromatic carbocycles. The molecule has 0 unspecified atom stereocenters. The molecule has 0 saturated carbocycles. The van der Waals surface area contributed by atoms with Gasteiger partial charge in [-0.25, -0.2) is 8.78 Å². The molecule has 1 aromatic heterocycles. The maximum Gasteiger partial charge on any atom is 0.272 e. The second-order valence-electron chi connectivity index (χ2n) is 3.71. The number of para-hydroxylation sites is 1. The first-order valence-corrected chi connectivity index (χ1v) is 5.40. The highest BCUT2D eigenvalue weighted by Gasteiger charge is 2.15. The molecule has 3 N–H and O–H groups in total. The number of nitrogens with two attached hydrogens (primary N) is 1. The third-order valence-electron chi connectivity index (χ3n) is 2.46. The normalized spacial score (nSPS) is 12.1. The summed E-state index contributed by atoms with van der Waals surface area (Å²) in [6.45, 7) is -0.778. The van der Waals surface area contributed by atoms with Gasteiger partial charge in [-0.1, -0.05) is 17.3 Å². The number of fused-ring (bicyclic) bond motifs is 1. The van der Waals surface area contributed by atoms with E-state index in [1.807, 2.05) is 0 Å². The summed E-state index contributed by atoms with van der Waals surface area (Å²) in [6.07, 6.45) is -1.30. The van der Waals surface area contributed by atoms with E-state index in [1.165, 1.54) is 6.20 Å². The Kier molecular flexibility index (Phi) is 3.74. The van der Waals surface area contributed by atoms with Crippen molar-refractivity contribution in [2.75, 3.05) is 6.61 Å². The predicted molar refractivity (Wildman–Crippen MR) is 65.8 cm³/mol. The maximum atomic E-state index is 12.3. The molecule has 0 saturated heterocycles. The SMILES string of the molecule is N/C(=N/O)c1cnc2ccccc2c1OCC(F)F. The zero-order valence-electron chi connectivity index (χ0n) is 9.75. The molecule has 0 spiro atoms. The summed E-state index contributed by atoms with van der Waals surface area (Å²) in [5.41, 5.74) is 6.22. The maximum absolute atomic E-state index is 12.3. The Morgan fingerprint density at radius 1 is 1.42 bits per heavy atom. The summed E-state index contributed by atoms with van der Waals surface area (Å²) in [5, 5.41) is 12.1. The molecule has 2 aromatic rings. The molecule has 0 fully saturated rings. The van der Waals surface area contributed by atoms with Gasteiger partial charge in [0.15, 0.2) is 5.84 Å². The van der Waals surface area contributed by atoms with Gasteiger partial charge < -0.3 is 15.7 Å². The number of halogens is 2. The minimum Gasteiger partial charge on any atom is -0.486 e. The molecular weight excluding hydrogens is 256 g/mol. The fourth-order valence-electron chi connectivity index (χ4n) is 1.65. The van der Waals surface area contributed by atoms with Crippen LogP contribution in [0.15, 0.2) is 35.6 Å². The van der Waals surface area contributed by atoms with Crippen LogP contribution in [0.25, 0.3) is 10.9 Å². The van der Waals surface area contributed by atoms with Gasteiger partial charge in [-0.2, -0.15) is 0 Å². The van der Waals surface area contributed by atoms with E-state index in [0.717, 1.165) is 0 Å². The van der Waals surface area contributed by atoms with Crippen LogP contribution in [0, 0.1) is 0 Å². The van der Waals surface area contributed by atoms with Gasteiger partial charge in [-0.05, 0) is 12.1 Å². The highest BCUT2D eigenvalue weighted by atomic mass is 19.3. The van der Waals surface area contributed by atoms with Crippen molar-refractivity contribution >= 4 is 16.7 Å². The molecule has 19 heavy (non-hydrogen) atoms. The Bertz CT molecular complexity index is 617. The standard InChI is InChI=1S/C12H11F2N3O2/c13-10(14)6-19-11-7-3-1-2-4-9(7)16-5-8(11)12(15)17-18/h1-5,10,18H,6H2,(H2,15,17). The van der Waals surface area contributed by atoms with Crippen molar-refractivity contribution < 1.29 is 18.7 Å². The molecule has 0 aliphatic heterocycles. The first-order valence-electron chi connectivity index (χ1n) is 5.40. The third kappa shape index (κ3) is 2.70. The molecule has 1 heterocycles. The first kappa shape index (κ1) is 13.0. The largest absolute Gasteiger partial charge is 0.486 e. The van der Waals surface area contributed by atoms with E-state index < -0.39 is 13.0 Å². The number of alkyl halides is 2. The van der Waals surface area contributed by atoms with Gasteiger partial charge in [0.1, 0.15) is 12.4 Å². The van der Waals surface area contributed by atoms with Crippen molar-refractivity contribution in [3.63, 3.8) is 0 Å². The van der Waals surface area contributed by atoms with Crippen LogP contribution in [0.3, 0.4) is 0 Å². The Balaban J connectivity index is 2.58. The summed E-state index contributed by atoms with van der Waals surface area (Å²) in [7, 11) is 0. The van der Waals surface area contributed by atoms with Crippen molar-refractivity contribution in [3.8, 4) is 5.75 Å². The number of nitrogens with zero attached hydrogens (tertiary/aromatic N) is 2. The van der Waals surface area contributed by atoms with Crippen LogP contribution in [0.2, 0.25) is 0 Å². The van der Waals surface area contributed by atoms with Crippen molar-refractivity contribution in [2.24, 2.45) is 10.9 Å². The van der Waals surface area contributed by atoms with Crippen LogP contribution in [0.4, 0.5) is 8.78 Å². The summed E-state index contributed by atoms with van der Waals surface area (Å²) in [6, 6.07) is 6.85. The highest BCUT2D eigenvalue weighted by molar-refractivity contribution is 6.04. The molecule has 0 amide bonds. The fraction of sp³-hybridized carbons (Fsp3) is 0.167. The van der Waals surface area contributed by atoms with E-state index in [0.29, 0.717) is 10.9 Å². The fourth-order valence-corrected chi connectivity index (χ4v) is 1.65. The Morgan fingerprint density at radius 3 is 2.84 bits per heavy atom. The second-order valence-corrected chi connectivity index (χ2v) is 3.71. The quantitative estimate of drug-likeness (QED) is 0.384. The lowest BCUT2D eigenvalue weighted by atomic mass is 10.1. The smallest absolute Gasteiger partial charge is 0.272 e. The lowest BCUT2D eigenvalue weighted by Crippen LogP contribution is -2.17. The van der Waals surface area contributed by atoms with Crippen LogP contribution in [-0.2, 0) is 0 Å². The number of benzene rings is 1. The van der Waals surface area contributed by atoms with E-state index in [4.69, 9.17) is 15.7 Å². The van der Waals surface area contributed by atoms with Crippen LogP contribution in [0.5, 0.6) is 5.75 Å². The number of oxime groups is 1. The number of pyridine rings is 1. The van der Waals surface area contributed by atoms with Crippen LogP contribution >= 0.6 is 0 Å². The molecule has 0 aliphatic carbocycles. The van der Waals surface area contributed by atoms with Crippen molar-refractivity contribution in [1.82, 2.24) is 4.98 Å². The van der Waals surface area contributed by atoms with Crippen molar-refractivity contribution in [2.45, 2.75) is 6.43 Å². The van der Waals surface area contributed by atoms with E-state index in [2.05, 4.69) is 10.1 Å². The lowest BCUT2D eigenvalue weighted by Gasteiger charge is -2.12. The summed E-state index contributed by atoms with van der Waals surface area (Å²) < 4.78 is 29.6. The highest BCUT2D eigenvalue weighted by Crippen LogP contribution is 2.28. The first-order chi connectivity index (χ1) is 9.13.